The fourth-order valence-electron chi connectivity index (χ4n) is 2.28. The summed E-state index contributed by atoms with van der Waals surface area (Å²) in [7, 11) is 0. The molecule has 0 radical (unpaired) electrons. The molecule has 1 saturated carbocycles. The highest BCUT2D eigenvalue weighted by Crippen LogP contribution is 2.48. The highest BCUT2D eigenvalue weighted by Gasteiger charge is 2.43. The lowest BCUT2D eigenvalue weighted by Gasteiger charge is -2.14. The summed E-state index contributed by atoms with van der Waals surface area (Å²) in [4.78, 5) is 0. The van der Waals surface area contributed by atoms with E-state index in [1.165, 1.54) is 5.56 Å². The van der Waals surface area contributed by atoms with Gasteiger partial charge in [-0.15, -0.1) is 0 Å². The predicted molar refractivity (Wildman–Crippen MR) is 75.3 cm³/mol. The highest BCUT2D eigenvalue weighted by molar-refractivity contribution is 5.80. The lowest BCUT2D eigenvalue weighted by molar-refractivity contribution is 0.0905. The van der Waals surface area contributed by atoms with Crippen LogP contribution in [0.1, 0.15) is 31.2 Å². The minimum absolute atomic E-state index is 0.142. The van der Waals surface area contributed by atoms with Crippen molar-refractivity contribution in [3.8, 4) is 0 Å². The molecule has 3 N–H and O–H groups in total. The van der Waals surface area contributed by atoms with E-state index < -0.39 is 0 Å². The Hall–Kier alpha value is -1.55. The molecule has 1 fully saturated rings. The van der Waals surface area contributed by atoms with Gasteiger partial charge < -0.3 is 15.7 Å². The van der Waals surface area contributed by atoms with Crippen LogP contribution in [0.3, 0.4) is 0 Å². The molecule has 0 aliphatic heterocycles. The minimum Gasteiger partial charge on any atom is -0.409 e. The van der Waals surface area contributed by atoms with Crippen LogP contribution in [0.5, 0.6) is 0 Å². The van der Waals surface area contributed by atoms with Crippen molar-refractivity contribution in [1.29, 1.82) is 0 Å². The van der Waals surface area contributed by atoms with Crippen LogP contribution in [0.25, 0.3) is 0 Å². The van der Waals surface area contributed by atoms with E-state index >= 15 is 0 Å². The molecule has 1 aromatic carbocycles. The second-order valence-corrected chi connectivity index (χ2v) is 5.41. The van der Waals surface area contributed by atoms with Crippen LogP contribution in [-0.4, -0.2) is 24.3 Å². The summed E-state index contributed by atoms with van der Waals surface area (Å²) in [6, 6.07) is 10.4. The number of ether oxygens (including phenoxy) is 1. The smallest absolute Gasteiger partial charge is 0.139 e. The third-order valence-electron chi connectivity index (χ3n) is 3.65. The Morgan fingerprint density at radius 2 is 2.05 bits per heavy atom. The molecule has 2 rings (SSSR count). The molecule has 4 heteroatoms. The number of oxime groups is 1. The van der Waals surface area contributed by atoms with Gasteiger partial charge in [-0.1, -0.05) is 35.5 Å². The van der Waals surface area contributed by atoms with Crippen molar-refractivity contribution >= 4 is 5.84 Å². The van der Waals surface area contributed by atoms with Crippen molar-refractivity contribution in [1.82, 2.24) is 0 Å². The Morgan fingerprint density at radius 1 is 1.32 bits per heavy atom. The van der Waals surface area contributed by atoms with Gasteiger partial charge >= 0.3 is 0 Å². The van der Waals surface area contributed by atoms with Crippen molar-refractivity contribution in [3.63, 3.8) is 0 Å². The van der Waals surface area contributed by atoms with Crippen LogP contribution in [0.2, 0.25) is 0 Å². The average molecular weight is 262 g/mol. The number of amidine groups is 1. The number of hydrogen-bond acceptors (Lipinski definition) is 3. The van der Waals surface area contributed by atoms with E-state index in [-0.39, 0.29) is 5.41 Å². The van der Waals surface area contributed by atoms with E-state index in [9.17, 15) is 0 Å². The van der Waals surface area contributed by atoms with E-state index in [1.807, 2.05) is 6.07 Å². The first-order chi connectivity index (χ1) is 9.24. The van der Waals surface area contributed by atoms with Gasteiger partial charge in [0.2, 0.25) is 0 Å². The molecule has 0 aromatic heterocycles. The van der Waals surface area contributed by atoms with Crippen molar-refractivity contribution < 1.29 is 9.94 Å². The van der Waals surface area contributed by atoms with Crippen LogP contribution in [0, 0.1) is 5.41 Å². The second-order valence-electron chi connectivity index (χ2n) is 5.41. The molecule has 0 unspecified atom stereocenters. The molecule has 0 spiro atoms. The fraction of sp³-hybridized carbons (Fsp3) is 0.533. The zero-order valence-corrected chi connectivity index (χ0v) is 11.2. The summed E-state index contributed by atoms with van der Waals surface area (Å²) in [5, 5.41) is 11.6. The maximum absolute atomic E-state index is 8.58. The van der Waals surface area contributed by atoms with Gasteiger partial charge in [-0.05, 0) is 31.2 Å². The summed E-state index contributed by atoms with van der Waals surface area (Å²) in [5.74, 6) is 0.311. The van der Waals surface area contributed by atoms with Gasteiger partial charge in [0, 0.05) is 18.4 Å². The Bertz CT molecular complexity index is 413. The van der Waals surface area contributed by atoms with Gasteiger partial charge in [-0.2, -0.15) is 0 Å². The molecule has 104 valence electrons. The lowest BCUT2D eigenvalue weighted by atomic mass is 10.0. The summed E-state index contributed by atoms with van der Waals surface area (Å²) in [6.45, 7) is 1.49. The van der Waals surface area contributed by atoms with Crippen LogP contribution in [-0.2, 0) is 11.2 Å². The van der Waals surface area contributed by atoms with Gasteiger partial charge in [0.05, 0.1) is 6.61 Å². The molecule has 1 aromatic rings. The Labute approximate surface area is 114 Å². The zero-order chi connectivity index (χ0) is 13.6. The maximum atomic E-state index is 8.58. The number of rotatable bonds is 8. The van der Waals surface area contributed by atoms with Crippen molar-refractivity contribution in [2.45, 2.75) is 32.1 Å². The normalized spacial score (nSPS) is 17.4. The standard InChI is InChI=1S/C15H22N2O2/c16-14(17-18)11-15(8-9-15)12-19-10-4-7-13-5-2-1-3-6-13/h1-3,5-6,18H,4,7-12H2,(H2,16,17). The molecule has 0 saturated heterocycles. The van der Waals surface area contributed by atoms with E-state index in [1.54, 1.807) is 0 Å². The molecule has 4 nitrogen and oxygen atoms in total. The Balaban J connectivity index is 1.60. The second kappa shape index (κ2) is 6.57. The summed E-state index contributed by atoms with van der Waals surface area (Å²) < 4.78 is 5.74. The Kier molecular flexibility index (Phi) is 4.80. The largest absolute Gasteiger partial charge is 0.409 e. The van der Waals surface area contributed by atoms with Crippen LogP contribution in [0.15, 0.2) is 35.5 Å². The SMILES string of the molecule is NC(CC1(COCCCc2ccccc2)CC1)=NO. The van der Waals surface area contributed by atoms with E-state index in [0.717, 1.165) is 38.9 Å². The Morgan fingerprint density at radius 3 is 2.68 bits per heavy atom. The molecular formula is C15H22N2O2. The molecule has 0 atom stereocenters. The number of aryl methyl sites for hydroxylation is 1. The first-order valence-corrected chi connectivity index (χ1v) is 6.82. The van der Waals surface area contributed by atoms with E-state index in [0.29, 0.717) is 12.3 Å². The average Bonchev–Trinajstić information content (AvgIpc) is 3.19. The minimum atomic E-state index is 0.142. The van der Waals surface area contributed by atoms with Crippen LogP contribution < -0.4 is 5.73 Å². The van der Waals surface area contributed by atoms with Gasteiger partial charge in [0.1, 0.15) is 5.84 Å². The molecule has 0 heterocycles. The monoisotopic (exact) mass is 262 g/mol. The van der Waals surface area contributed by atoms with Gasteiger partial charge in [0.25, 0.3) is 0 Å². The molecule has 19 heavy (non-hydrogen) atoms. The molecule has 0 bridgehead atoms. The summed E-state index contributed by atoms with van der Waals surface area (Å²) in [5.41, 5.74) is 7.04. The predicted octanol–water partition coefficient (Wildman–Crippen LogP) is 2.55. The number of nitrogens with zero attached hydrogens (tertiary/aromatic N) is 1. The third-order valence-corrected chi connectivity index (χ3v) is 3.65. The van der Waals surface area contributed by atoms with Gasteiger partial charge in [-0.3, -0.25) is 0 Å². The van der Waals surface area contributed by atoms with Crippen molar-refractivity contribution in [2.24, 2.45) is 16.3 Å². The van der Waals surface area contributed by atoms with E-state index in [2.05, 4.69) is 29.4 Å². The van der Waals surface area contributed by atoms with Crippen LogP contribution >= 0.6 is 0 Å². The highest BCUT2D eigenvalue weighted by atomic mass is 16.5. The molecule has 1 aliphatic carbocycles. The van der Waals surface area contributed by atoms with Gasteiger partial charge in [0.15, 0.2) is 0 Å². The number of hydrogen-bond donors (Lipinski definition) is 2. The molecule has 1 aliphatic rings. The summed E-state index contributed by atoms with van der Waals surface area (Å²) >= 11 is 0. The molecule has 0 amide bonds. The molecular weight excluding hydrogens is 240 g/mol. The first-order valence-electron chi connectivity index (χ1n) is 6.82. The number of nitrogens with two attached hydrogens (primary N) is 1. The topological polar surface area (TPSA) is 67.8 Å². The van der Waals surface area contributed by atoms with Gasteiger partial charge in [-0.25, -0.2) is 0 Å². The van der Waals surface area contributed by atoms with E-state index in [4.69, 9.17) is 15.7 Å². The van der Waals surface area contributed by atoms with Crippen LogP contribution in [0.4, 0.5) is 0 Å². The van der Waals surface area contributed by atoms with Crippen molar-refractivity contribution in [2.75, 3.05) is 13.2 Å². The maximum Gasteiger partial charge on any atom is 0.139 e. The number of benzene rings is 1. The fourth-order valence-corrected chi connectivity index (χ4v) is 2.28. The lowest BCUT2D eigenvalue weighted by Crippen LogP contribution is -2.21. The zero-order valence-electron chi connectivity index (χ0n) is 11.2. The van der Waals surface area contributed by atoms with Crippen molar-refractivity contribution in [3.05, 3.63) is 35.9 Å². The quantitative estimate of drug-likeness (QED) is 0.249. The third kappa shape index (κ3) is 4.56. The summed E-state index contributed by atoms with van der Waals surface area (Å²) in [6.07, 6.45) is 4.95. The first kappa shape index (κ1) is 13.9.